The lowest BCUT2D eigenvalue weighted by Crippen LogP contribution is -2.57. The number of pyridine rings is 1. The zero-order chi connectivity index (χ0) is 14.6. The third-order valence-corrected chi connectivity index (χ3v) is 4.93. The average Bonchev–Trinajstić information content (AvgIpc) is 2.44. The summed E-state index contributed by atoms with van der Waals surface area (Å²) in [6.45, 7) is 5.91. The van der Waals surface area contributed by atoms with E-state index in [1.54, 1.807) is 0 Å². The standard InChI is InChI=1S/C17H29N3/c1-17(2)10-5-6-15(16(17)18-3)20(4)13-9-14-7-11-19-12-8-14/h7-8,11-12,15-16,18H,5-6,9-10,13H2,1-4H3. The first-order valence-corrected chi connectivity index (χ1v) is 7.81. The van der Waals surface area contributed by atoms with Crippen LogP contribution in [0.5, 0.6) is 0 Å². The fourth-order valence-corrected chi connectivity index (χ4v) is 3.69. The minimum Gasteiger partial charge on any atom is -0.315 e. The normalized spacial score (nSPS) is 25.9. The number of rotatable bonds is 5. The lowest BCUT2D eigenvalue weighted by atomic mass is 9.70. The molecule has 2 unspecified atom stereocenters. The van der Waals surface area contributed by atoms with Gasteiger partial charge in [0.25, 0.3) is 0 Å². The SMILES string of the molecule is CNC1C(N(C)CCc2ccncc2)CCCC1(C)C. The van der Waals surface area contributed by atoms with Crippen LogP contribution in [0.15, 0.2) is 24.5 Å². The van der Waals surface area contributed by atoms with Crippen LogP contribution >= 0.6 is 0 Å². The van der Waals surface area contributed by atoms with Gasteiger partial charge in [-0.3, -0.25) is 4.98 Å². The predicted molar refractivity (Wildman–Crippen MR) is 84.8 cm³/mol. The molecule has 0 aliphatic heterocycles. The quantitative estimate of drug-likeness (QED) is 0.895. The Morgan fingerprint density at radius 2 is 2.05 bits per heavy atom. The number of hydrogen-bond donors (Lipinski definition) is 1. The molecule has 1 fully saturated rings. The van der Waals surface area contributed by atoms with Crippen LogP contribution in [0.1, 0.15) is 38.7 Å². The van der Waals surface area contributed by atoms with E-state index in [1.165, 1.54) is 24.8 Å². The lowest BCUT2D eigenvalue weighted by molar-refractivity contribution is 0.0678. The smallest absolute Gasteiger partial charge is 0.0271 e. The Morgan fingerprint density at radius 3 is 2.70 bits per heavy atom. The molecule has 112 valence electrons. The fourth-order valence-electron chi connectivity index (χ4n) is 3.69. The number of nitrogens with one attached hydrogen (secondary N) is 1. The maximum atomic E-state index is 4.08. The second-order valence-corrected chi connectivity index (χ2v) is 6.80. The van der Waals surface area contributed by atoms with Crippen molar-refractivity contribution in [3.63, 3.8) is 0 Å². The Labute approximate surface area is 123 Å². The molecule has 2 rings (SSSR count). The highest BCUT2D eigenvalue weighted by Gasteiger charge is 2.39. The van der Waals surface area contributed by atoms with E-state index < -0.39 is 0 Å². The van der Waals surface area contributed by atoms with Gasteiger partial charge in [0.15, 0.2) is 0 Å². The van der Waals surface area contributed by atoms with Crippen molar-refractivity contribution in [3.05, 3.63) is 30.1 Å². The molecule has 1 N–H and O–H groups in total. The Kier molecular flexibility index (Phi) is 5.17. The predicted octanol–water partition coefficient (Wildman–Crippen LogP) is 2.72. The summed E-state index contributed by atoms with van der Waals surface area (Å²) in [5.41, 5.74) is 1.77. The van der Waals surface area contributed by atoms with E-state index >= 15 is 0 Å². The Balaban J connectivity index is 1.95. The molecule has 1 heterocycles. The largest absolute Gasteiger partial charge is 0.315 e. The minimum atomic E-state index is 0.391. The second kappa shape index (κ2) is 6.68. The van der Waals surface area contributed by atoms with Crippen molar-refractivity contribution in [2.75, 3.05) is 20.6 Å². The van der Waals surface area contributed by atoms with Gasteiger partial charge in [-0.2, -0.15) is 0 Å². The monoisotopic (exact) mass is 275 g/mol. The van der Waals surface area contributed by atoms with Gasteiger partial charge in [-0.1, -0.05) is 20.3 Å². The molecule has 0 saturated heterocycles. The molecule has 1 saturated carbocycles. The maximum absolute atomic E-state index is 4.08. The van der Waals surface area contributed by atoms with E-state index in [-0.39, 0.29) is 0 Å². The van der Waals surface area contributed by atoms with E-state index in [2.05, 4.69) is 55.3 Å². The summed E-state index contributed by atoms with van der Waals surface area (Å²) >= 11 is 0. The maximum Gasteiger partial charge on any atom is 0.0271 e. The zero-order valence-electron chi connectivity index (χ0n) is 13.4. The molecular weight excluding hydrogens is 246 g/mol. The van der Waals surface area contributed by atoms with Crippen molar-refractivity contribution in [2.24, 2.45) is 5.41 Å². The van der Waals surface area contributed by atoms with Gasteiger partial charge in [0, 0.05) is 31.0 Å². The van der Waals surface area contributed by atoms with Crippen LogP contribution in [-0.2, 0) is 6.42 Å². The molecule has 2 atom stereocenters. The first-order valence-electron chi connectivity index (χ1n) is 7.81. The van der Waals surface area contributed by atoms with Gasteiger partial charge in [-0.05, 0) is 56.5 Å². The Hall–Kier alpha value is -0.930. The molecule has 3 nitrogen and oxygen atoms in total. The summed E-state index contributed by atoms with van der Waals surface area (Å²) in [5.74, 6) is 0. The Bertz CT molecular complexity index is 402. The Morgan fingerprint density at radius 1 is 1.35 bits per heavy atom. The summed E-state index contributed by atoms with van der Waals surface area (Å²) in [4.78, 5) is 6.63. The molecule has 1 aromatic heterocycles. The van der Waals surface area contributed by atoms with Crippen LogP contribution in [0.25, 0.3) is 0 Å². The molecule has 0 aromatic carbocycles. The van der Waals surface area contributed by atoms with Crippen molar-refractivity contribution in [1.29, 1.82) is 0 Å². The molecule has 0 spiro atoms. The third-order valence-electron chi connectivity index (χ3n) is 4.93. The van der Waals surface area contributed by atoms with E-state index in [9.17, 15) is 0 Å². The molecular formula is C17H29N3. The number of hydrogen-bond acceptors (Lipinski definition) is 3. The van der Waals surface area contributed by atoms with Gasteiger partial charge in [0.05, 0.1) is 0 Å². The summed E-state index contributed by atoms with van der Waals surface area (Å²) < 4.78 is 0. The van der Waals surface area contributed by atoms with Crippen LogP contribution in [-0.4, -0.2) is 42.6 Å². The number of aromatic nitrogens is 1. The van der Waals surface area contributed by atoms with Gasteiger partial charge in [0.2, 0.25) is 0 Å². The molecule has 1 aliphatic rings. The van der Waals surface area contributed by atoms with Crippen LogP contribution < -0.4 is 5.32 Å². The highest BCUT2D eigenvalue weighted by Crippen LogP contribution is 2.37. The molecule has 1 aliphatic carbocycles. The summed E-state index contributed by atoms with van der Waals surface area (Å²) in [7, 11) is 4.39. The van der Waals surface area contributed by atoms with E-state index in [4.69, 9.17) is 0 Å². The molecule has 3 heteroatoms. The van der Waals surface area contributed by atoms with Crippen molar-refractivity contribution >= 4 is 0 Å². The summed E-state index contributed by atoms with van der Waals surface area (Å²) in [6.07, 6.45) is 8.85. The minimum absolute atomic E-state index is 0.391. The van der Waals surface area contributed by atoms with Gasteiger partial charge >= 0.3 is 0 Å². The first kappa shape index (κ1) is 15.5. The molecule has 0 radical (unpaired) electrons. The molecule has 1 aromatic rings. The van der Waals surface area contributed by atoms with E-state index in [0.29, 0.717) is 17.5 Å². The molecule has 20 heavy (non-hydrogen) atoms. The van der Waals surface area contributed by atoms with E-state index in [0.717, 1.165) is 13.0 Å². The van der Waals surface area contributed by atoms with Crippen LogP contribution in [0.4, 0.5) is 0 Å². The highest BCUT2D eigenvalue weighted by atomic mass is 15.2. The summed E-state index contributed by atoms with van der Waals surface area (Å²) in [6, 6.07) is 5.46. The van der Waals surface area contributed by atoms with Crippen LogP contribution in [0.2, 0.25) is 0 Å². The van der Waals surface area contributed by atoms with Crippen molar-refractivity contribution in [1.82, 2.24) is 15.2 Å². The van der Waals surface area contributed by atoms with Crippen molar-refractivity contribution in [2.45, 2.75) is 51.6 Å². The van der Waals surface area contributed by atoms with Gasteiger partial charge < -0.3 is 10.2 Å². The second-order valence-electron chi connectivity index (χ2n) is 6.80. The lowest BCUT2D eigenvalue weighted by Gasteiger charge is -2.47. The van der Waals surface area contributed by atoms with Crippen LogP contribution in [0.3, 0.4) is 0 Å². The van der Waals surface area contributed by atoms with Crippen molar-refractivity contribution < 1.29 is 0 Å². The topological polar surface area (TPSA) is 28.2 Å². The number of likely N-dealkylation sites (N-methyl/N-ethyl adjacent to an activating group) is 2. The van der Waals surface area contributed by atoms with E-state index in [1.807, 2.05) is 12.4 Å². The molecule has 0 bridgehead atoms. The van der Waals surface area contributed by atoms with Gasteiger partial charge in [-0.15, -0.1) is 0 Å². The first-order chi connectivity index (χ1) is 9.54. The molecule has 0 amide bonds. The van der Waals surface area contributed by atoms with Crippen molar-refractivity contribution in [3.8, 4) is 0 Å². The van der Waals surface area contributed by atoms with Crippen LogP contribution in [0, 0.1) is 5.41 Å². The fraction of sp³-hybridized carbons (Fsp3) is 0.706. The number of nitrogens with zero attached hydrogens (tertiary/aromatic N) is 2. The van der Waals surface area contributed by atoms with Gasteiger partial charge in [-0.25, -0.2) is 0 Å². The average molecular weight is 275 g/mol. The highest BCUT2D eigenvalue weighted by molar-refractivity contribution is 5.10. The zero-order valence-corrected chi connectivity index (χ0v) is 13.4. The third kappa shape index (κ3) is 3.58. The van der Waals surface area contributed by atoms with Gasteiger partial charge in [0.1, 0.15) is 0 Å². The summed E-state index contributed by atoms with van der Waals surface area (Å²) in [5, 5.41) is 3.57.